The van der Waals surface area contributed by atoms with Crippen LogP contribution >= 0.6 is 23.5 Å². The lowest BCUT2D eigenvalue weighted by molar-refractivity contribution is 0.359. The van der Waals surface area contributed by atoms with Crippen molar-refractivity contribution in [3.63, 3.8) is 0 Å². The molecule has 2 aromatic rings. The molecule has 4 bridgehead atoms. The normalized spacial score (nSPS) is 14.8. The van der Waals surface area contributed by atoms with Crippen LogP contribution in [0.25, 0.3) is 0 Å². The van der Waals surface area contributed by atoms with E-state index in [1.807, 2.05) is 48.5 Å². The van der Waals surface area contributed by atoms with E-state index < -0.39 is 0 Å². The van der Waals surface area contributed by atoms with Crippen LogP contribution in [-0.2, 0) is 0 Å². The van der Waals surface area contributed by atoms with Crippen molar-refractivity contribution in [2.45, 2.75) is 0 Å². The average Bonchev–Trinajstić information content (AvgIpc) is 2.87. The van der Waals surface area contributed by atoms with Crippen molar-refractivity contribution in [3.05, 3.63) is 48.5 Å². The van der Waals surface area contributed by atoms with Crippen molar-refractivity contribution < 1.29 is 18.9 Å². The molecule has 0 unspecified atom stereocenters. The van der Waals surface area contributed by atoms with Crippen LogP contribution in [-0.4, -0.2) is 49.4 Å². The molecule has 4 aliphatic heterocycles. The molecule has 0 atom stereocenters. The van der Waals surface area contributed by atoms with E-state index in [1.165, 1.54) is 0 Å². The van der Waals surface area contributed by atoms with Crippen LogP contribution in [0.15, 0.2) is 48.5 Å². The van der Waals surface area contributed by atoms with Crippen LogP contribution < -0.4 is 18.9 Å². The van der Waals surface area contributed by atoms with E-state index >= 15 is 0 Å². The molecule has 0 aromatic heterocycles. The molecule has 4 heterocycles. The van der Waals surface area contributed by atoms with E-state index in [-0.39, 0.29) is 0 Å². The Balaban J connectivity index is 1.50. The summed E-state index contributed by atoms with van der Waals surface area (Å²) in [5.74, 6) is 30.2. The zero-order valence-electron chi connectivity index (χ0n) is 18.7. The van der Waals surface area contributed by atoms with Crippen LogP contribution in [0, 0.1) is 47.4 Å². The fraction of sp³-hybridized carbons (Fsp3) is 0.286. The van der Waals surface area contributed by atoms with E-state index in [0.717, 1.165) is 23.0 Å². The van der Waals surface area contributed by atoms with Gasteiger partial charge in [-0.15, -0.1) is 23.5 Å². The van der Waals surface area contributed by atoms with Gasteiger partial charge in [-0.05, 0) is 48.5 Å². The Kier molecular flexibility index (Phi) is 12.0. The second-order valence-corrected chi connectivity index (χ2v) is 8.47. The second-order valence-electron chi connectivity index (χ2n) is 6.50. The van der Waals surface area contributed by atoms with E-state index in [1.54, 1.807) is 23.5 Å². The van der Waals surface area contributed by atoms with Crippen LogP contribution in [0.1, 0.15) is 0 Å². The highest BCUT2D eigenvalue weighted by molar-refractivity contribution is 7.99. The van der Waals surface area contributed by atoms with Crippen LogP contribution in [0.5, 0.6) is 23.0 Å². The SMILES string of the molecule is C1#CCSCC#CCOc2ccc(cc2)OCC#CCSCC#CCOc2ccc(cc2)OC1. The minimum atomic E-state index is 0.345. The van der Waals surface area contributed by atoms with Gasteiger partial charge < -0.3 is 18.9 Å². The quantitative estimate of drug-likeness (QED) is 0.512. The first kappa shape index (κ1) is 25.2. The lowest BCUT2D eigenvalue weighted by atomic mass is 10.3. The molecule has 4 aliphatic rings. The predicted molar refractivity (Wildman–Crippen MR) is 141 cm³/mol. The van der Waals surface area contributed by atoms with Gasteiger partial charge in [0.15, 0.2) is 0 Å². The molecule has 2 aromatic carbocycles. The summed E-state index contributed by atoms with van der Waals surface area (Å²) in [4.78, 5) is 0. The standard InChI is InChI=1S/C28H24O4S2/c1-5-21-33-22-6-2-18-31-27-13-15-28(16-14-27)32-20-4-8-24-34-23-7-3-19-30-26-11-9-25(10-12-26)29-17-1/h9-16H,17-24H2. The predicted octanol–water partition coefficient (Wildman–Crippen LogP) is 4.40. The Bertz CT molecular complexity index is 945. The molecule has 0 fully saturated rings. The van der Waals surface area contributed by atoms with Gasteiger partial charge in [0.1, 0.15) is 49.4 Å². The van der Waals surface area contributed by atoms with Crippen molar-refractivity contribution in [1.29, 1.82) is 0 Å². The average molecular weight is 489 g/mol. The molecule has 0 amide bonds. The first-order valence-corrected chi connectivity index (χ1v) is 12.9. The third-order valence-corrected chi connectivity index (χ3v) is 5.48. The summed E-state index contributed by atoms with van der Waals surface area (Å²) in [7, 11) is 0. The Morgan fingerprint density at radius 1 is 0.382 bits per heavy atom. The minimum Gasteiger partial charge on any atom is -0.481 e. The molecule has 172 valence electrons. The number of thioether (sulfide) groups is 2. The van der Waals surface area contributed by atoms with Crippen LogP contribution in [0.4, 0.5) is 0 Å². The topological polar surface area (TPSA) is 36.9 Å². The molecule has 4 nitrogen and oxygen atoms in total. The highest BCUT2D eigenvalue weighted by Gasteiger charge is 1.96. The molecule has 34 heavy (non-hydrogen) atoms. The van der Waals surface area contributed by atoms with Gasteiger partial charge in [-0.3, -0.25) is 0 Å². The van der Waals surface area contributed by atoms with Gasteiger partial charge in [0.05, 0.1) is 23.0 Å². The number of rotatable bonds is 0. The fourth-order valence-electron chi connectivity index (χ4n) is 2.46. The second kappa shape index (κ2) is 16.2. The molecule has 0 saturated carbocycles. The van der Waals surface area contributed by atoms with Gasteiger partial charge in [-0.1, -0.05) is 47.4 Å². The molecule has 0 saturated heterocycles. The van der Waals surface area contributed by atoms with Crippen molar-refractivity contribution in [1.82, 2.24) is 0 Å². The Labute approximate surface area is 210 Å². The third-order valence-electron chi connectivity index (χ3n) is 4.09. The lowest BCUT2D eigenvalue weighted by Crippen LogP contribution is -1.96. The zero-order valence-corrected chi connectivity index (χ0v) is 20.4. The Hall–Kier alpha value is -3.42. The number of benzene rings is 2. The highest BCUT2D eigenvalue weighted by atomic mass is 32.2. The van der Waals surface area contributed by atoms with E-state index in [2.05, 4.69) is 47.4 Å². The number of hydrogen-bond donors (Lipinski definition) is 0. The zero-order chi connectivity index (χ0) is 23.5. The molecule has 0 radical (unpaired) electrons. The smallest absolute Gasteiger partial charge is 0.149 e. The fourth-order valence-corrected chi connectivity index (χ4v) is 3.48. The summed E-state index contributed by atoms with van der Waals surface area (Å²) < 4.78 is 22.5. The summed E-state index contributed by atoms with van der Waals surface area (Å²) in [6, 6.07) is 14.9. The molecule has 6 rings (SSSR count). The highest BCUT2D eigenvalue weighted by Crippen LogP contribution is 2.18. The molecule has 0 N–H and O–H groups in total. The maximum absolute atomic E-state index is 5.63. The first-order chi connectivity index (χ1) is 16.9. The van der Waals surface area contributed by atoms with Crippen molar-refractivity contribution in [3.8, 4) is 70.4 Å². The minimum absolute atomic E-state index is 0.345. The van der Waals surface area contributed by atoms with E-state index in [9.17, 15) is 0 Å². The summed E-state index contributed by atoms with van der Waals surface area (Å²) in [5.41, 5.74) is 0. The van der Waals surface area contributed by atoms with Crippen LogP contribution in [0.3, 0.4) is 0 Å². The molecular formula is C28H24O4S2. The summed E-state index contributed by atoms with van der Waals surface area (Å²) in [5, 5.41) is 0. The Morgan fingerprint density at radius 3 is 0.853 bits per heavy atom. The number of ether oxygens (including phenoxy) is 4. The van der Waals surface area contributed by atoms with E-state index in [4.69, 9.17) is 18.9 Å². The third kappa shape index (κ3) is 10.9. The summed E-state index contributed by atoms with van der Waals surface area (Å²) >= 11 is 3.32. The Morgan fingerprint density at radius 2 is 0.618 bits per heavy atom. The summed E-state index contributed by atoms with van der Waals surface area (Å²) in [6.07, 6.45) is 0. The van der Waals surface area contributed by atoms with Crippen molar-refractivity contribution >= 4 is 23.5 Å². The monoisotopic (exact) mass is 488 g/mol. The maximum Gasteiger partial charge on any atom is 0.149 e. The van der Waals surface area contributed by atoms with Gasteiger partial charge >= 0.3 is 0 Å². The van der Waals surface area contributed by atoms with Gasteiger partial charge in [0, 0.05) is 0 Å². The van der Waals surface area contributed by atoms with Gasteiger partial charge in [-0.2, -0.15) is 0 Å². The van der Waals surface area contributed by atoms with Crippen molar-refractivity contribution in [2.75, 3.05) is 49.4 Å². The largest absolute Gasteiger partial charge is 0.481 e. The van der Waals surface area contributed by atoms with Crippen molar-refractivity contribution in [2.24, 2.45) is 0 Å². The summed E-state index contributed by atoms with van der Waals surface area (Å²) in [6.45, 7) is 1.38. The van der Waals surface area contributed by atoms with Gasteiger partial charge in [-0.25, -0.2) is 0 Å². The number of hydrogen-bond acceptors (Lipinski definition) is 6. The van der Waals surface area contributed by atoms with Gasteiger partial charge in [0.25, 0.3) is 0 Å². The first-order valence-electron chi connectivity index (χ1n) is 10.6. The molecular weight excluding hydrogens is 464 g/mol. The molecule has 0 aliphatic carbocycles. The van der Waals surface area contributed by atoms with E-state index in [0.29, 0.717) is 49.4 Å². The molecule has 0 spiro atoms. The lowest BCUT2D eigenvalue weighted by Gasteiger charge is -2.05. The van der Waals surface area contributed by atoms with Crippen LogP contribution in [0.2, 0.25) is 0 Å². The molecule has 6 heteroatoms. The van der Waals surface area contributed by atoms with Gasteiger partial charge in [0.2, 0.25) is 0 Å². The maximum atomic E-state index is 5.63.